The van der Waals surface area contributed by atoms with Crippen molar-refractivity contribution in [2.75, 3.05) is 18.0 Å². The topological polar surface area (TPSA) is 66.5 Å². The molecule has 0 heterocycles. The summed E-state index contributed by atoms with van der Waals surface area (Å²) in [5, 5.41) is 1.83. The molecule has 0 radical (unpaired) electrons. The molecule has 5 nitrogen and oxygen atoms in total. The molecule has 0 unspecified atom stereocenters. The average molecular weight is 445 g/mol. The second kappa shape index (κ2) is 9.34. The molecule has 0 saturated heterocycles. The summed E-state index contributed by atoms with van der Waals surface area (Å²) in [4.78, 5) is 15.0. The molecule has 1 N–H and O–H groups in total. The summed E-state index contributed by atoms with van der Waals surface area (Å²) < 4.78 is 28.3. The maximum Gasteiger partial charge on any atom is 0.258 e. The molecule has 0 atom stereocenters. The van der Waals surface area contributed by atoms with E-state index in [1.807, 2.05) is 73.7 Å². The van der Waals surface area contributed by atoms with Gasteiger partial charge in [-0.1, -0.05) is 66.2 Å². The van der Waals surface area contributed by atoms with Gasteiger partial charge >= 0.3 is 0 Å². The number of hydrogen-bond donors (Lipinski definition) is 1. The van der Waals surface area contributed by atoms with Gasteiger partial charge in [-0.15, -0.1) is 0 Å². The Bertz CT molecular complexity index is 1330. The molecule has 0 aliphatic carbocycles. The van der Waals surface area contributed by atoms with Gasteiger partial charge < -0.3 is 4.90 Å². The van der Waals surface area contributed by atoms with Crippen molar-refractivity contribution in [1.29, 1.82) is 0 Å². The molecule has 1 amide bonds. The van der Waals surface area contributed by atoms with E-state index < -0.39 is 10.0 Å². The summed E-state index contributed by atoms with van der Waals surface area (Å²) in [6.45, 7) is 2.25. The van der Waals surface area contributed by atoms with Gasteiger partial charge in [0.05, 0.1) is 4.90 Å². The van der Waals surface area contributed by atoms with Crippen LogP contribution in [-0.4, -0.2) is 27.4 Å². The number of hydrogen-bond acceptors (Lipinski definition) is 3. The Hall–Kier alpha value is -3.48. The fourth-order valence-electron chi connectivity index (χ4n) is 3.52. The third-order valence-corrected chi connectivity index (χ3v) is 6.73. The maximum absolute atomic E-state index is 13.2. The van der Waals surface area contributed by atoms with Gasteiger partial charge in [0.25, 0.3) is 5.91 Å². The molecule has 162 valence electrons. The Morgan fingerprint density at radius 2 is 1.47 bits per heavy atom. The number of nitrogens with one attached hydrogen (secondary N) is 1. The van der Waals surface area contributed by atoms with Gasteiger partial charge in [-0.25, -0.2) is 13.1 Å². The van der Waals surface area contributed by atoms with Crippen LogP contribution in [0.25, 0.3) is 10.8 Å². The lowest BCUT2D eigenvalue weighted by Gasteiger charge is -2.23. The number of amides is 1. The summed E-state index contributed by atoms with van der Waals surface area (Å²) in [7, 11) is -3.71. The lowest BCUT2D eigenvalue weighted by Crippen LogP contribution is -2.38. The largest absolute Gasteiger partial charge is 0.307 e. The smallest absolute Gasteiger partial charge is 0.258 e. The van der Waals surface area contributed by atoms with Crippen LogP contribution in [0.5, 0.6) is 0 Å². The SMILES string of the molecule is Cc1ccc(C(=O)N(CCNS(=O)(=O)c2ccc3ccccc3c2)c2ccccc2)cc1. The minimum atomic E-state index is -3.71. The summed E-state index contributed by atoms with van der Waals surface area (Å²) in [5.74, 6) is -0.180. The zero-order chi connectivity index (χ0) is 22.6. The van der Waals surface area contributed by atoms with Gasteiger partial charge in [0.1, 0.15) is 0 Å². The first-order valence-corrected chi connectivity index (χ1v) is 11.8. The minimum absolute atomic E-state index is 0.0850. The zero-order valence-corrected chi connectivity index (χ0v) is 18.5. The second-order valence-corrected chi connectivity index (χ2v) is 9.33. The highest BCUT2D eigenvalue weighted by atomic mass is 32.2. The van der Waals surface area contributed by atoms with E-state index >= 15 is 0 Å². The van der Waals surface area contributed by atoms with Gasteiger partial charge in [-0.05, 0) is 54.1 Å². The van der Waals surface area contributed by atoms with E-state index in [0.717, 1.165) is 16.3 Å². The van der Waals surface area contributed by atoms with E-state index in [1.54, 1.807) is 35.2 Å². The molecule has 4 rings (SSSR count). The molecule has 0 bridgehead atoms. The molecule has 0 spiro atoms. The van der Waals surface area contributed by atoms with E-state index in [-0.39, 0.29) is 23.9 Å². The first kappa shape index (κ1) is 21.7. The number of para-hydroxylation sites is 1. The quantitative estimate of drug-likeness (QED) is 0.446. The predicted molar refractivity (Wildman–Crippen MR) is 128 cm³/mol. The Kier molecular flexibility index (Phi) is 6.35. The van der Waals surface area contributed by atoms with Crippen molar-refractivity contribution in [2.45, 2.75) is 11.8 Å². The highest BCUT2D eigenvalue weighted by Crippen LogP contribution is 2.20. The van der Waals surface area contributed by atoms with Crippen molar-refractivity contribution in [3.05, 3.63) is 108 Å². The fourth-order valence-corrected chi connectivity index (χ4v) is 4.57. The predicted octanol–water partition coefficient (Wildman–Crippen LogP) is 4.77. The highest BCUT2D eigenvalue weighted by molar-refractivity contribution is 7.89. The molecular formula is C26H24N2O3S. The number of nitrogens with zero attached hydrogens (tertiary/aromatic N) is 1. The average Bonchev–Trinajstić information content (AvgIpc) is 2.82. The molecule has 4 aromatic carbocycles. The van der Waals surface area contributed by atoms with Crippen LogP contribution in [0.4, 0.5) is 5.69 Å². The molecule has 0 aromatic heterocycles. The van der Waals surface area contributed by atoms with Gasteiger partial charge in [0.2, 0.25) is 10.0 Å². The van der Waals surface area contributed by atoms with Crippen LogP contribution in [0.15, 0.2) is 102 Å². The standard InChI is InChI=1S/C26H24N2O3S/c1-20-11-13-22(14-12-20)26(29)28(24-9-3-2-4-10-24)18-17-27-32(30,31)25-16-15-21-7-5-6-8-23(21)19-25/h2-16,19,27H,17-18H2,1H3. The van der Waals surface area contributed by atoms with Crippen LogP contribution >= 0.6 is 0 Å². The van der Waals surface area contributed by atoms with Crippen molar-refractivity contribution in [3.63, 3.8) is 0 Å². The van der Waals surface area contributed by atoms with Crippen LogP contribution in [0.1, 0.15) is 15.9 Å². The number of fused-ring (bicyclic) bond motifs is 1. The zero-order valence-electron chi connectivity index (χ0n) is 17.7. The van der Waals surface area contributed by atoms with E-state index in [4.69, 9.17) is 0 Å². The number of carbonyl (C=O) groups is 1. The maximum atomic E-state index is 13.2. The third kappa shape index (κ3) is 4.88. The Balaban J connectivity index is 1.52. The van der Waals surface area contributed by atoms with Crippen LogP contribution in [0.3, 0.4) is 0 Å². The van der Waals surface area contributed by atoms with E-state index in [9.17, 15) is 13.2 Å². The number of benzene rings is 4. The lowest BCUT2D eigenvalue weighted by atomic mass is 10.1. The van der Waals surface area contributed by atoms with Crippen molar-refractivity contribution >= 4 is 32.4 Å². The molecular weight excluding hydrogens is 420 g/mol. The monoisotopic (exact) mass is 444 g/mol. The van der Waals surface area contributed by atoms with E-state index in [2.05, 4.69) is 4.72 Å². The van der Waals surface area contributed by atoms with Gasteiger partial charge in [0, 0.05) is 24.3 Å². The van der Waals surface area contributed by atoms with Crippen LogP contribution in [0.2, 0.25) is 0 Å². The molecule has 0 fully saturated rings. The van der Waals surface area contributed by atoms with Crippen molar-refractivity contribution in [1.82, 2.24) is 4.72 Å². The molecule has 0 saturated carbocycles. The Labute approximate surface area is 188 Å². The second-order valence-electron chi connectivity index (χ2n) is 7.57. The van der Waals surface area contributed by atoms with Crippen molar-refractivity contribution in [3.8, 4) is 0 Å². The van der Waals surface area contributed by atoms with E-state index in [0.29, 0.717) is 11.3 Å². The molecule has 32 heavy (non-hydrogen) atoms. The van der Waals surface area contributed by atoms with Gasteiger partial charge in [-0.2, -0.15) is 0 Å². The molecule has 4 aromatic rings. The summed E-state index contributed by atoms with van der Waals surface area (Å²) in [6.07, 6.45) is 0. The number of sulfonamides is 1. The highest BCUT2D eigenvalue weighted by Gasteiger charge is 2.19. The van der Waals surface area contributed by atoms with Crippen molar-refractivity contribution < 1.29 is 13.2 Å². The number of rotatable bonds is 7. The molecule has 0 aliphatic rings. The fraction of sp³-hybridized carbons (Fsp3) is 0.115. The third-order valence-electron chi connectivity index (χ3n) is 5.27. The van der Waals surface area contributed by atoms with E-state index in [1.165, 1.54) is 0 Å². The number of carbonyl (C=O) groups excluding carboxylic acids is 1. The van der Waals surface area contributed by atoms with Gasteiger partial charge in [0.15, 0.2) is 0 Å². The summed E-state index contributed by atoms with van der Waals surface area (Å²) in [5.41, 5.74) is 2.33. The van der Waals surface area contributed by atoms with Crippen molar-refractivity contribution in [2.24, 2.45) is 0 Å². The molecule has 6 heteroatoms. The number of anilines is 1. The van der Waals surface area contributed by atoms with Crippen LogP contribution in [0, 0.1) is 6.92 Å². The lowest BCUT2D eigenvalue weighted by molar-refractivity contribution is 0.0987. The minimum Gasteiger partial charge on any atom is -0.307 e. The summed E-state index contributed by atoms with van der Waals surface area (Å²) in [6, 6.07) is 29.2. The van der Waals surface area contributed by atoms with Crippen LogP contribution < -0.4 is 9.62 Å². The first-order valence-electron chi connectivity index (χ1n) is 10.4. The normalized spacial score (nSPS) is 11.4. The first-order chi connectivity index (χ1) is 15.4. The Morgan fingerprint density at radius 3 is 2.19 bits per heavy atom. The molecule has 0 aliphatic heterocycles. The Morgan fingerprint density at radius 1 is 0.812 bits per heavy atom. The van der Waals surface area contributed by atoms with Crippen LogP contribution in [-0.2, 0) is 10.0 Å². The van der Waals surface area contributed by atoms with Gasteiger partial charge in [-0.3, -0.25) is 4.79 Å². The number of aryl methyl sites for hydroxylation is 1. The summed E-state index contributed by atoms with van der Waals surface area (Å²) >= 11 is 0.